The Morgan fingerprint density at radius 1 is 1.62 bits per heavy atom. The van der Waals surface area contributed by atoms with E-state index in [2.05, 4.69) is 30.5 Å². The second kappa shape index (κ2) is 5.89. The first-order chi connectivity index (χ1) is 6.24. The quantitative estimate of drug-likeness (QED) is 0.750. The average Bonchev–Trinajstić information content (AvgIpc) is 2.14. The first-order valence-corrected chi connectivity index (χ1v) is 6.34. The fourth-order valence-corrected chi connectivity index (χ4v) is 2.88. The van der Waals surface area contributed by atoms with Crippen LogP contribution in [0.15, 0.2) is 0 Å². The summed E-state index contributed by atoms with van der Waals surface area (Å²) in [4.78, 5) is 2.61. The SMILES string of the molecule is CC1CN(C(C)CCCN)CCS1. The summed E-state index contributed by atoms with van der Waals surface area (Å²) in [6.45, 7) is 8.02. The van der Waals surface area contributed by atoms with Crippen molar-refractivity contribution in [1.29, 1.82) is 0 Å². The molecule has 1 aliphatic rings. The maximum absolute atomic E-state index is 5.51. The first kappa shape index (κ1) is 11.3. The molecule has 1 aliphatic heterocycles. The van der Waals surface area contributed by atoms with Crippen LogP contribution in [0.4, 0.5) is 0 Å². The van der Waals surface area contributed by atoms with E-state index < -0.39 is 0 Å². The van der Waals surface area contributed by atoms with E-state index in [4.69, 9.17) is 5.73 Å². The van der Waals surface area contributed by atoms with Crippen molar-refractivity contribution in [3.05, 3.63) is 0 Å². The van der Waals surface area contributed by atoms with E-state index in [-0.39, 0.29) is 0 Å². The lowest BCUT2D eigenvalue weighted by Gasteiger charge is -2.35. The van der Waals surface area contributed by atoms with Crippen molar-refractivity contribution >= 4 is 11.8 Å². The van der Waals surface area contributed by atoms with Crippen LogP contribution in [0.5, 0.6) is 0 Å². The molecule has 0 aromatic carbocycles. The lowest BCUT2D eigenvalue weighted by atomic mass is 10.1. The third-order valence-corrected chi connectivity index (χ3v) is 3.86. The number of nitrogens with zero attached hydrogens (tertiary/aromatic N) is 1. The highest BCUT2D eigenvalue weighted by Crippen LogP contribution is 2.20. The highest BCUT2D eigenvalue weighted by Gasteiger charge is 2.20. The first-order valence-electron chi connectivity index (χ1n) is 5.29. The summed E-state index contributed by atoms with van der Waals surface area (Å²) in [5.74, 6) is 1.30. The third kappa shape index (κ3) is 3.88. The number of thioether (sulfide) groups is 1. The van der Waals surface area contributed by atoms with E-state index in [9.17, 15) is 0 Å². The summed E-state index contributed by atoms with van der Waals surface area (Å²) in [6.07, 6.45) is 2.42. The van der Waals surface area contributed by atoms with Crippen molar-refractivity contribution < 1.29 is 0 Å². The molecule has 0 aliphatic carbocycles. The summed E-state index contributed by atoms with van der Waals surface area (Å²) in [6, 6.07) is 0.729. The predicted molar refractivity (Wildman–Crippen MR) is 61.2 cm³/mol. The van der Waals surface area contributed by atoms with Gasteiger partial charge in [0.2, 0.25) is 0 Å². The zero-order chi connectivity index (χ0) is 9.68. The van der Waals surface area contributed by atoms with Gasteiger partial charge in [-0.3, -0.25) is 4.90 Å². The van der Waals surface area contributed by atoms with Gasteiger partial charge in [0, 0.05) is 30.1 Å². The van der Waals surface area contributed by atoms with Crippen molar-refractivity contribution in [2.24, 2.45) is 5.73 Å². The molecule has 78 valence electrons. The number of hydrogen-bond acceptors (Lipinski definition) is 3. The maximum Gasteiger partial charge on any atom is 0.0147 e. The van der Waals surface area contributed by atoms with Gasteiger partial charge in [-0.05, 0) is 26.3 Å². The van der Waals surface area contributed by atoms with E-state index in [0.29, 0.717) is 0 Å². The van der Waals surface area contributed by atoms with Gasteiger partial charge in [-0.15, -0.1) is 0 Å². The van der Waals surface area contributed by atoms with Gasteiger partial charge in [-0.1, -0.05) is 6.92 Å². The van der Waals surface area contributed by atoms with Crippen LogP contribution in [-0.4, -0.2) is 41.6 Å². The van der Waals surface area contributed by atoms with Gasteiger partial charge in [0.1, 0.15) is 0 Å². The zero-order valence-electron chi connectivity index (χ0n) is 8.83. The minimum atomic E-state index is 0.729. The fourth-order valence-electron chi connectivity index (χ4n) is 1.84. The normalized spacial score (nSPS) is 27.5. The molecular weight excluding hydrogens is 180 g/mol. The van der Waals surface area contributed by atoms with Gasteiger partial charge in [0.15, 0.2) is 0 Å². The molecule has 0 radical (unpaired) electrons. The lowest BCUT2D eigenvalue weighted by molar-refractivity contribution is 0.207. The van der Waals surface area contributed by atoms with Crippen LogP contribution in [0.25, 0.3) is 0 Å². The smallest absolute Gasteiger partial charge is 0.0147 e. The Kier molecular flexibility index (Phi) is 5.14. The van der Waals surface area contributed by atoms with E-state index >= 15 is 0 Å². The summed E-state index contributed by atoms with van der Waals surface area (Å²) in [7, 11) is 0. The fraction of sp³-hybridized carbons (Fsp3) is 1.00. The standard InChI is InChI=1S/C10H22N2S/c1-9(4-3-5-11)12-6-7-13-10(2)8-12/h9-10H,3-8,11H2,1-2H3. The van der Waals surface area contributed by atoms with E-state index in [1.807, 2.05) is 0 Å². The molecule has 1 saturated heterocycles. The molecule has 2 nitrogen and oxygen atoms in total. The van der Waals surface area contributed by atoms with Crippen LogP contribution in [-0.2, 0) is 0 Å². The Morgan fingerprint density at radius 2 is 2.38 bits per heavy atom. The summed E-state index contributed by atoms with van der Waals surface area (Å²) >= 11 is 2.10. The monoisotopic (exact) mass is 202 g/mol. The van der Waals surface area contributed by atoms with Crippen molar-refractivity contribution in [2.45, 2.75) is 38.0 Å². The molecule has 0 saturated carbocycles. The van der Waals surface area contributed by atoms with Gasteiger partial charge in [-0.2, -0.15) is 11.8 Å². The van der Waals surface area contributed by atoms with Gasteiger partial charge < -0.3 is 5.73 Å². The number of rotatable bonds is 4. The number of nitrogens with two attached hydrogens (primary N) is 1. The van der Waals surface area contributed by atoms with E-state index in [1.54, 1.807) is 0 Å². The van der Waals surface area contributed by atoms with Crippen LogP contribution in [0, 0.1) is 0 Å². The largest absolute Gasteiger partial charge is 0.330 e. The zero-order valence-corrected chi connectivity index (χ0v) is 9.65. The molecule has 0 bridgehead atoms. The molecule has 1 rings (SSSR count). The van der Waals surface area contributed by atoms with Crippen molar-refractivity contribution in [3.63, 3.8) is 0 Å². The molecule has 2 N–H and O–H groups in total. The van der Waals surface area contributed by atoms with Gasteiger partial charge in [0.05, 0.1) is 0 Å². The van der Waals surface area contributed by atoms with Crippen LogP contribution < -0.4 is 5.73 Å². The molecule has 1 fully saturated rings. The second-order valence-electron chi connectivity index (χ2n) is 3.96. The molecule has 1 heterocycles. The molecule has 2 unspecified atom stereocenters. The van der Waals surface area contributed by atoms with Gasteiger partial charge in [0.25, 0.3) is 0 Å². The molecular formula is C10H22N2S. The summed E-state index contributed by atoms with van der Waals surface area (Å²) in [5, 5.41) is 0.814. The van der Waals surface area contributed by atoms with Crippen LogP contribution in [0.3, 0.4) is 0 Å². The van der Waals surface area contributed by atoms with Crippen molar-refractivity contribution in [2.75, 3.05) is 25.4 Å². The minimum Gasteiger partial charge on any atom is -0.330 e. The molecule has 13 heavy (non-hydrogen) atoms. The average molecular weight is 202 g/mol. The van der Waals surface area contributed by atoms with Crippen molar-refractivity contribution in [1.82, 2.24) is 4.90 Å². The van der Waals surface area contributed by atoms with Gasteiger partial charge in [-0.25, -0.2) is 0 Å². The lowest BCUT2D eigenvalue weighted by Crippen LogP contribution is -2.42. The van der Waals surface area contributed by atoms with Crippen LogP contribution in [0.2, 0.25) is 0 Å². The summed E-state index contributed by atoms with van der Waals surface area (Å²) in [5.41, 5.74) is 5.51. The Hall–Kier alpha value is 0.270. The molecule has 2 atom stereocenters. The topological polar surface area (TPSA) is 29.3 Å². The third-order valence-electron chi connectivity index (χ3n) is 2.72. The number of hydrogen-bond donors (Lipinski definition) is 1. The van der Waals surface area contributed by atoms with Crippen LogP contribution >= 0.6 is 11.8 Å². The van der Waals surface area contributed by atoms with Gasteiger partial charge >= 0.3 is 0 Å². The Labute approximate surface area is 86.2 Å². The Bertz CT molecular complexity index is 141. The highest BCUT2D eigenvalue weighted by molar-refractivity contribution is 7.99. The summed E-state index contributed by atoms with van der Waals surface area (Å²) < 4.78 is 0. The molecule has 0 aromatic rings. The second-order valence-corrected chi connectivity index (χ2v) is 5.50. The molecule has 3 heteroatoms. The molecule has 0 spiro atoms. The van der Waals surface area contributed by atoms with E-state index in [0.717, 1.165) is 17.8 Å². The Morgan fingerprint density at radius 3 is 3.00 bits per heavy atom. The predicted octanol–water partition coefficient (Wildman–Crippen LogP) is 1.55. The molecule has 0 aromatic heterocycles. The van der Waals surface area contributed by atoms with E-state index in [1.165, 1.54) is 31.7 Å². The Balaban J connectivity index is 2.24. The van der Waals surface area contributed by atoms with Crippen LogP contribution in [0.1, 0.15) is 26.7 Å². The molecule has 0 amide bonds. The maximum atomic E-state index is 5.51. The minimum absolute atomic E-state index is 0.729. The highest BCUT2D eigenvalue weighted by atomic mass is 32.2. The van der Waals surface area contributed by atoms with Crippen molar-refractivity contribution in [3.8, 4) is 0 Å².